The molecule has 2 saturated carbocycles. The van der Waals surface area contributed by atoms with Gasteiger partial charge in [-0.2, -0.15) is 0 Å². The highest BCUT2D eigenvalue weighted by molar-refractivity contribution is 5.77. The van der Waals surface area contributed by atoms with E-state index >= 15 is 0 Å². The monoisotopic (exact) mass is 294 g/mol. The summed E-state index contributed by atoms with van der Waals surface area (Å²) in [6, 6.07) is 0.372. The predicted molar refractivity (Wildman–Crippen MR) is 79.1 cm³/mol. The molecule has 3 rings (SSSR count). The Morgan fingerprint density at radius 3 is 2.52 bits per heavy atom. The minimum atomic E-state index is -0.811. The first kappa shape index (κ1) is 14.7. The highest BCUT2D eigenvalue weighted by atomic mass is 16.4. The zero-order valence-corrected chi connectivity index (χ0v) is 12.6. The predicted octanol–water partition coefficient (Wildman–Crippen LogP) is 2.75. The number of likely N-dealkylation sites (tertiary alicyclic amines) is 1. The van der Waals surface area contributed by atoms with Gasteiger partial charge in [-0.1, -0.05) is 19.3 Å². The van der Waals surface area contributed by atoms with Gasteiger partial charge in [0.05, 0.1) is 12.0 Å². The molecule has 2 unspecified atom stereocenters. The Bertz CT molecular complexity index is 418. The Morgan fingerprint density at radius 1 is 1.10 bits per heavy atom. The summed E-state index contributed by atoms with van der Waals surface area (Å²) in [6.45, 7) is 0.830. The highest BCUT2D eigenvalue weighted by Gasteiger charge is 2.42. The van der Waals surface area contributed by atoms with Crippen molar-refractivity contribution in [3.8, 4) is 0 Å². The molecule has 21 heavy (non-hydrogen) atoms. The van der Waals surface area contributed by atoms with Gasteiger partial charge in [0.1, 0.15) is 0 Å². The average Bonchev–Trinajstić information content (AvgIpc) is 3.06. The van der Waals surface area contributed by atoms with Crippen molar-refractivity contribution in [2.24, 2.45) is 5.92 Å². The summed E-state index contributed by atoms with van der Waals surface area (Å²) >= 11 is 0. The number of rotatable bonds is 3. The van der Waals surface area contributed by atoms with Crippen LogP contribution in [-0.4, -0.2) is 40.1 Å². The molecule has 1 saturated heterocycles. The standard InChI is InChI=1S/C16H26N2O3/c19-14(20)11-16(8-1-2-9-16)17-15(21)18-10-4-6-12-5-3-7-13(12)18/h12-13H,1-11H2,(H,17,21)(H,19,20). The van der Waals surface area contributed by atoms with Crippen LogP contribution in [-0.2, 0) is 4.79 Å². The van der Waals surface area contributed by atoms with Crippen LogP contribution in [0.15, 0.2) is 0 Å². The molecule has 2 N–H and O–H groups in total. The number of hydrogen-bond acceptors (Lipinski definition) is 2. The van der Waals surface area contributed by atoms with E-state index in [1.165, 1.54) is 19.3 Å². The second-order valence-corrected chi connectivity index (χ2v) is 7.08. The van der Waals surface area contributed by atoms with Crippen LogP contribution in [0.3, 0.4) is 0 Å². The summed E-state index contributed by atoms with van der Waals surface area (Å²) in [7, 11) is 0. The van der Waals surface area contributed by atoms with Crippen molar-refractivity contribution < 1.29 is 14.7 Å². The molecule has 0 aromatic rings. The molecule has 0 radical (unpaired) electrons. The van der Waals surface area contributed by atoms with Gasteiger partial charge in [0.25, 0.3) is 0 Å². The van der Waals surface area contributed by atoms with E-state index in [-0.39, 0.29) is 12.5 Å². The molecule has 5 nitrogen and oxygen atoms in total. The molecular weight excluding hydrogens is 268 g/mol. The molecule has 0 aromatic heterocycles. The molecule has 2 atom stereocenters. The number of hydrogen-bond donors (Lipinski definition) is 2. The first-order valence-electron chi connectivity index (χ1n) is 8.40. The van der Waals surface area contributed by atoms with Gasteiger partial charge in [0, 0.05) is 12.6 Å². The minimum Gasteiger partial charge on any atom is -0.481 e. The lowest BCUT2D eigenvalue weighted by Crippen LogP contribution is -2.57. The Kier molecular flexibility index (Phi) is 4.09. The maximum atomic E-state index is 12.7. The number of fused-ring (bicyclic) bond motifs is 1. The number of piperidine rings is 1. The van der Waals surface area contributed by atoms with E-state index in [0.717, 1.165) is 45.1 Å². The van der Waals surface area contributed by atoms with Crippen LogP contribution >= 0.6 is 0 Å². The summed E-state index contributed by atoms with van der Waals surface area (Å²) in [6.07, 6.45) is 9.59. The number of carbonyl (C=O) groups excluding carboxylic acids is 1. The Labute approximate surface area is 126 Å². The molecular formula is C16H26N2O3. The van der Waals surface area contributed by atoms with Crippen LogP contribution in [0.5, 0.6) is 0 Å². The van der Waals surface area contributed by atoms with Gasteiger partial charge in [0.2, 0.25) is 0 Å². The number of nitrogens with one attached hydrogen (secondary N) is 1. The van der Waals surface area contributed by atoms with E-state index in [1.54, 1.807) is 0 Å². The van der Waals surface area contributed by atoms with Crippen molar-refractivity contribution in [1.82, 2.24) is 10.2 Å². The number of carboxylic acids is 1. The largest absolute Gasteiger partial charge is 0.481 e. The summed E-state index contributed by atoms with van der Waals surface area (Å²) in [5.74, 6) is -0.141. The Hall–Kier alpha value is -1.26. The first-order valence-corrected chi connectivity index (χ1v) is 8.40. The normalized spacial score (nSPS) is 31.0. The number of amides is 2. The molecule has 1 aliphatic heterocycles. The maximum absolute atomic E-state index is 12.7. The van der Waals surface area contributed by atoms with Gasteiger partial charge in [-0.3, -0.25) is 4.79 Å². The third-order valence-corrected chi connectivity index (χ3v) is 5.68. The molecule has 0 bridgehead atoms. The van der Waals surface area contributed by atoms with E-state index in [2.05, 4.69) is 5.32 Å². The van der Waals surface area contributed by atoms with Gasteiger partial charge >= 0.3 is 12.0 Å². The number of aliphatic carboxylic acids is 1. The highest BCUT2D eigenvalue weighted by Crippen LogP contribution is 2.38. The van der Waals surface area contributed by atoms with Crippen molar-refractivity contribution >= 4 is 12.0 Å². The maximum Gasteiger partial charge on any atom is 0.318 e. The molecule has 1 heterocycles. The first-order chi connectivity index (χ1) is 10.1. The molecule has 5 heteroatoms. The van der Waals surface area contributed by atoms with Crippen LogP contribution in [0, 0.1) is 5.92 Å². The third-order valence-electron chi connectivity index (χ3n) is 5.68. The van der Waals surface area contributed by atoms with Gasteiger partial charge in [-0.15, -0.1) is 0 Å². The number of nitrogens with zero attached hydrogens (tertiary/aromatic N) is 1. The van der Waals surface area contributed by atoms with Gasteiger partial charge in [-0.25, -0.2) is 4.79 Å². The zero-order valence-electron chi connectivity index (χ0n) is 12.6. The Balaban J connectivity index is 1.67. The fourth-order valence-electron chi connectivity index (χ4n) is 4.69. The van der Waals surface area contributed by atoms with E-state index < -0.39 is 11.5 Å². The number of carboxylic acid groups (broad SMARTS) is 1. The lowest BCUT2D eigenvalue weighted by molar-refractivity contribution is -0.138. The molecule has 2 aliphatic carbocycles. The summed E-state index contributed by atoms with van der Waals surface area (Å²) in [5.41, 5.74) is -0.505. The van der Waals surface area contributed by atoms with Gasteiger partial charge in [0.15, 0.2) is 0 Å². The van der Waals surface area contributed by atoms with Crippen molar-refractivity contribution in [3.05, 3.63) is 0 Å². The smallest absolute Gasteiger partial charge is 0.318 e. The number of carbonyl (C=O) groups is 2. The molecule has 2 amide bonds. The van der Waals surface area contributed by atoms with Crippen LogP contribution in [0.25, 0.3) is 0 Å². The lowest BCUT2D eigenvalue weighted by atomic mass is 9.91. The average molecular weight is 294 g/mol. The molecule has 0 spiro atoms. The lowest BCUT2D eigenvalue weighted by Gasteiger charge is -2.40. The van der Waals surface area contributed by atoms with Crippen molar-refractivity contribution in [2.75, 3.05) is 6.54 Å². The van der Waals surface area contributed by atoms with E-state index in [0.29, 0.717) is 12.0 Å². The second kappa shape index (κ2) is 5.85. The molecule has 3 aliphatic rings. The molecule has 118 valence electrons. The zero-order chi connectivity index (χ0) is 14.9. The minimum absolute atomic E-state index is 0.0187. The summed E-state index contributed by atoms with van der Waals surface area (Å²) in [4.78, 5) is 25.8. The van der Waals surface area contributed by atoms with Crippen molar-refractivity contribution in [2.45, 2.75) is 75.8 Å². The van der Waals surface area contributed by atoms with E-state index in [1.807, 2.05) is 4.90 Å². The summed E-state index contributed by atoms with van der Waals surface area (Å²) in [5, 5.41) is 12.3. The molecule has 0 aromatic carbocycles. The quantitative estimate of drug-likeness (QED) is 0.841. The van der Waals surface area contributed by atoms with Crippen LogP contribution in [0.1, 0.15) is 64.2 Å². The summed E-state index contributed by atoms with van der Waals surface area (Å²) < 4.78 is 0. The number of urea groups is 1. The van der Waals surface area contributed by atoms with Crippen LogP contribution in [0.4, 0.5) is 4.79 Å². The fraction of sp³-hybridized carbons (Fsp3) is 0.875. The topological polar surface area (TPSA) is 69.6 Å². The van der Waals surface area contributed by atoms with Crippen LogP contribution in [0.2, 0.25) is 0 Å². The van der Waals surface area contributed by atoms with Crippen LogP contribution < -0.4 is 5.32 Å². The van der Waals surface area contributed by atoms with Crippen molar-refractivity contribution in [1.29, 1.82) is 0 Å². The third kappa shape index (κ3) is 3.01. The SMILES string of the molecule is O=C(O)CC1(NC(=O)N2CCCC3CCCC32)CCCC1. The second-order valence-electron chi connectivity index (χ2n) is 7.08. The Morgan fingerprint density at radius 2 is 1.81 bits per heavy atom. The van der Waals surface area contributed by atoms with Gasteiger partial charge in [-0.05, 0) is 44.4 Å². The fourth-order valence-corrected chi connectivity index (χ4v) is 4.69. The van der Waals surface area contributed by atoms with E-state index in [4.69, 9.17) is 5.11 Å². The van der Waals surface area contributed by atoms with E-state index in [9.17, 15) is 9.59 Å². The van der Waals surface area contributed by atoms with Gasteiger partial charge < -0.3 is 15.3 Å². The molecule has 3 fully saturated rings. The van der Waals surface area contributed by atoms with Crippen molar-refractivity contribution in [3.63, 3.8) is 0 Å².